The van der Waals surface area contributed by atoms with Crippen molar-refractivity contribution in [2.75, 3.05) is 0 Å². The van der Waals surface area contributed by atoms with Gasteiger partial charge in [0.2, 0.25) is 0 Å². The molecule has 1 unspecified atom stereocenters. The van der Waals surface area contributed by atoms with Crippen LogP contribution in [-0.2, 0) is 13.1 Å². The Balaban J connectivity index is 1.89. The third-order valence-electron chi connectivity index (χ3n) is 2.73. The predicted molar refractivity (Wildman–Crippen MR) is 74.3 cm³/mol. The molecule has 0 fully saturated rings. The molecule has 1 heterocycles. The van der Waals surface area contributed by atoms with Gasteiger partial charge < -0.3 is 10.4 Å². The summed E-state index contributed by atoms with van der Waals surface area (Å²) in [5.74, 6) is 0.302. The van der Waals surface area contributed by atoms with Crippen molar-refractivity contribution in [3.63, 3.8) is 0 Å². The van der Waals surface area contributed by atoms with Crippen LogP contribution in [0.5, 0.6) is 5.75 Å². The van der Waals surface area contributed by atoms with Crippen LogP contribution in [0.3, 0.4) is 0 Å². The van der Waals surface area contributed by atoms with Crippen LogP contribution < -0.4 is 5.32 Å². The SMILES string of the molecule is CC(Cn1cccn1)NCc1cccc(Br)c1O. The summed E-state index contributed by atoms with van der Waals surface area (Å²) in [4.78, 5) is 0. The first kappa shape index (κ1) is 13.1. The molecule has 0 amide bonds. The van der Waals surface area contributed by atoms with Gasteiger partial charge in [-0.3, -0.25) is 4.68 Å². The summed E-state index contributed by atoms with van der Waals surface area (Å²) in [6.07, 6.45) is 3.71. The third kappa shape index (κ3) is 3.34. The van der Waals surface area contributed by atoms with Crippen LogP contribution in [0.2, 0.25) is 0 Å². The van der Waals surface area contributed by atoms with E-state index >= 15 is 0 Å². The highest BCUT2D eigenvalue weighted by atomic mass is 79.9. The zero-order chi connectivity index (χ0) is 13.0. The lowest BCUT2D eigenvalue weighted by atomic mass is 10.2. The molecule has 0 saturated carbocycles. The second kappa shape index (κ2) is 6.02. The molecule has 0 aliphatic heterocycles. The Hall–Kier alpha value is -1.33. The molecule has 1 aromatic carbocycles. The Labute approximate surface area is 115 Å². The van der Waals surface area contributed by atoms with E-state index in [0.29, 0.717) is 12.3 Å². The molecule has 2 aromatic rings. The van der Waals surface area contributed by atoms with E-state index < -0.39 is 0 Å². The molecule has 0 radical (unpaired) electrons. The Morgan fingerprint density at radius 2 is 2.28 bits per heavy atom. The summed E-state index contributed by atoms with van der Waals surface area (Å²) in [6.45, 7) is 3.53. The molecular formula is C13H16BrN3O. The van der Waals surface area contributed by atoms with Crippen molar-refractivity contribution >= 4 is 15.9 Å². The third-order valence-corrected chi connectivity index (χ3v) is 3.37. The summed E-state index contributed by atoms with van der Waals surface area (Å²) >= 11 is 3.31. The van der Waals surface area contributed by atoms with Crippen LogP contribution in [0.1, 0.15) is 12.5 Å². The lowest BCUT2D eigenvalue weighted by Gasteiger charge is -2.14. The lowest BCUT2D eigenvalue weighted by Crippen LogP contribution is -2.30. The molecule has 96 valence electrons. The topological polar surface area (TPSA) is 50.1 Å². The average Bonchev–Trinajstić information content (AvgIpc) is 2.84. The zero-order valence-electron chi connectivity index (χ0n) is 10.2. The van der Waals surface area contributed by atoms with E-state index in [4.69, 9.17) is 0 Å². The Bertz CT molecular complexity index is 499. The molecule has 1 atom stereocenters. The molecule has 0 spiro atoms. The second-order valence-corrected chi connectivity index (χ2v) is 5.11. The number of phenolic OH excluding ortho intramolecular Hbond substituents is 1. The number of hydrogen-bond donors (Lipinski definition) is 2. The number of phenols is 1. The number of rotatable bonds is 5. The van der Waals surface area contributed by atoms with Gasteiger partial charge in [-0.1, -0.05) is 12.1 Å². The van der Waals surface area contributed by atoms with E-state index in [1.54, 1.807) is 6.20 Å². The number of aromatic nitrogens is 2. The number of nitrogens with zero attached hydrogens (tertiary/aromatic N) is 2. The molecule has 0 aliphatic rings. The van der Waals surface area contributed by atoms with Gasteiger partial charge in [-0.2, -0.15) is 5.10 Å². The van der Waals surface area contributed by atoms with Gasteiger partial charge in [0.1, 0.15) is 5.75 Å². The highest BCUT2D eigenvalue weighted by Crippen LogP contribution is 2.27. The second-order valence-electron chi connectivity index (χ2n) is 4.26. The van der Waals surface area contributed by atoms with Crippen LogP contribution in [0.15, 0.2) is 41.1 Å². The van der Waals surface area contributed by atoms with Gasteiger partial charge in [0.25, 0.3) is 0 Å². The fourth-order valence-electron chi connectivity index (χ4n) is 1.74. The van der Waals surface area contributed by atoms with Crippen LogP contribution in [0.4, 0.5) is 0 Å². The van der Waals surface area contributed by atoms with Crippen molar-refractivity contribution in [3.05, 3.63) is 46.7 Å². The van der Waals surface area contributed by atoms with E-state index in [1.165, 1.54) is 0 Å². The van der Waals surface area contributed by atoms with Crippen LogP contribution in [-0.4, -0.2) is 20.9 Å². The Morgan fingerprint density at radius 1 is 1.44 bits per heavy atom. The average molecular weight is 310 g/mol. The van der Waals surface area contributed by atoms with Crippen molar-refractivity contribution in [1.29, 1.82) is 0 Å². The first-order valence-electron chi connectivity index (χ1n) is 5.84. The summed E-state index contributed by atoms with van der Waals surface area (Å²) in [5, 5.41) is 17.4. The van der Waals surface area contributed by atoms with Crippen molar-refractivity contribution in [3.8, 4) is 5.75 Å². The number of nitrogens with one attached hydrogen (secondary N) is 1. The van der Waals surface area contributed by atoms with E-state index in [2.05, 4.69) is 33.3 Å². The fourth-order valence-corrected chi connectivity index (χ4v) is 2.15. The van der Waals surface area contributed by atoms with Gasteiger partial charge >= 0.3 is 0 Å². The minimum Gasteiger partial charge on any atom is -0.506 e. The lowest BCUT2D eigenvalue weighted by molar-refractivity contribution is 0.433. The molecule has 0 aliphatic carbocycles. The van der Waals surface area contributed by atoms with Gasteiger partial charge in [0.15, 0.2) is 0 Å². The summed E-state index contributed by atoms with van der Waals surface area (Å²) < 4.78 is 2.61. The molecule has 18 heavy (non-hydrogen) atoms. The summed E-state index contributed by atoms with van der Waals surface area (Å²) in [6, 6.07) is 7.84. The summed E-state index contributed by atoms with van der Waals surface area (Å²) in [7, 11) is 0. The smallest absolute Gasteiger partial charge is 0.134 e. The van der Waals surface area contributed by atoms with Gasteiger partial charge in [-0.25, -0.2) is 0 Å². The van der Waals surface area contributed by atoms with Gasteiger partial charge in [0, 0.05) is 30.5 Å². The molecule has 4 nitrogen and oxygen atoms in total. The van der Waals surface area contributed by atoms with Crippen LogP contribution >= 0.6 is 15.9 Å². The largest absolute Gasteiger partial charge is 0.506 e. The highest BCUT2D eigenvalue weighted by molar-refractivity contribution is 9.10. The first-order chi connectivity index (χ1) is 8.66. The van der Waals surface area contributed by atoms with Gasteiger partial charge in [-0.05, 0) is 35.0 Å². The van der Waals surface area contributed by atoms with E-state index in [1.807, 2.05) is 35.1 Å². The first-order valence-corrected chi connectivity index (χ1v) is 6.63. The Morgan fingerprint density at radius 3 is 3.00 bits per heavy atom. The molecule has 5 heteroatoms. The van der Waals surface area contributed by atoms with Gasteiger partial charge in [-0.15, -0.1) is 0 Å². The quantitative estimate of drug-likeness (QED) is 0.892. The fraction of sp³-hybridized carbons (Fsp3) is 0.308. The number of hydrogen-bond acceptors (Lipinski definition) is 3. The van der Waals surface area contributed by atoms with E-state index in [9.17, 15) is 5.11 Å². The number of halogens is 1. The number of aromatic hydroxyl groups is 1. The van der Waals surface area contributed by atoms with E-state index in [-0.39, 0.29) is 6.04 Å². The predicted octanol–water partition coefficient (Wildman–Crippen LogP) is 2.53. The van der Waals surface area contributed by atoms with Crippen molar-refractivity contribution in [1.82, 2.24) is 15.1 Å². The standard InChI is InChI=1S/C13H16BrN3O/c1-10(9-17-7-3-6-16-17)15-8-11-4-2-5-12(14)13(11)18/h2-7,10,15,18H,8-9H2,1H3. The van der Waals surface area contributed by atoms with Gasteiger partial charge in [0.05, 0.1) is 11.0 Å². The number of benzene rings is 1. The molecule has 0 bridgehead atoms. The van der Waals surface area contributed by atoms with Crippen molar-refractivity contribution in [2.24, 2.45) is 0 Å². The monoisotopic (exact) mass is 309 g/mol. The molecule has 0 saturated heterocycles. The maximum atomic E-state index is 9.86. The minimum absolute atomic E-state index is 0.281. The number of para-hydroxylation sites is 1. The highest BCUT2D eigenvalue weighted by Gasteiger charge is 2.07. The maximum absolute atomic E-state index is 9.86. The molecular weight excluding hydrogens is 294 g/mol. The molecule has 1 aromatic heterocycles. The Kier molecular flexibility index (Phi) is 4.38. The molecule has 2 N–H and O–H groups in total. The van der Waals surface area contributed by atoms with E-state index in [0.717, 1.165) is 16.6 Å². The van der Waals surface area contributed by atoms with Crippen LogP contribution in [0, 0.1) is 0 Å². The summed E-state index contributed by atoms with van der Waals surface area (Å²) in [5.41, 5.74) is 0.886. The molecule has 2 rings (SSSR count). The van der Waals surface area contributed by atoms with Crippen LogP contribution in [0.25, 0.3) is 0 Å². The zero-order valence-corrected chi connectivity index (χ0v) is 11.8. The van der Waals surface area contributed by atoms with Crippen molar-refractivity contribution in [2.45, 2.75) is 26.1 Å². The maximum Gasteiger partial charge on any atom is 0.134 e. The van der Waals surface area contributed by atoms with Crippen molar-refractivity contribution < 1.29 is 5.11 Å². The minimum atomic E-state index is 0.281. The normalized spacial score (nSPS) is 12.6.